The SMILES string of the molecule is CN=C(NCCCCn1cnnc1)NCc1ccc(Cl)cc1. The van der Waals surface area contributed by atoms with Crippen molar-refractivity contribution < 1.29 is 0 Å². The van der Waals surface area contributed by atoms with E-state index < -0.39 is 0 Å². The topological polar surface area (TPSA) is 67.1 Å². The lowest BCUT2D eigenvalue weighted by Crippen LogP contribution is -2.37. The molecule has 0 saturated heterocycles. The average Bonchev–Trinajstić information content (AvgIpc) is 3.05. The first-order valence-corrected chi connectivity index (χ1v) is 7.67. The van der Waals surface area contributed by atoms with Crippen molar-refractivity contribution in [1.29, 1.82) is 0 Å². The van der Waals surface area contributed by atoms with Gasteiger partial charge < -0.3 is 15.2 Å². The maximum atomic E-state index is 5.87. The van der Waals surface area contributed by atoms with Gasteiger partial charge in [0.25, 0.3) is 0 Å². The maximum absolute atomic E-state index is 5.87. The molecule has 22 heavy (non-hydrogen) atoms. The molecule has 0 saturated carbocycles. The highest BCUT2D eigenvalue weighted by Crippen LogP contribution is 2.08. The number of unbranched alkanes of at least 4 members (excludes halogenated alkanes) is 1. The van der Waals surface area contributed by atoms with Crippen molar-refractivity contribution in [3.05, 3.63) is 47.5 Å². The summed E-state index contributed by atoms with van der Waals surface area (Å²) in [5, 5.41) is 14.9. The second kappa shape index (κ2) is 9.04. The van der Waals surface area contributed by atoms with E-state index in [1.165, 1.54) is 5.56 Å². The minimum atomic E-state index is 0.720. The Kier molecular flexibility index (Phi) is 6.70. The summed E-state index contributed by atoms with van der Waals surface area (Å²) < 4.78 is 1.98. The molecule has 0 atom stereocenters. The molecule has 0 radical (unpaired) electrons. The van der Waals surface area contributed by atoms with E-state index >= 15 is 0 Å². The van der Waals surface area contributed by atoms with Crippen LogP contribution in [0.2, 0.25) is 5.02 Å². The summed E-state index contributed by atoms with van der Waals surface area (Å²) >= 11 is 5.87. The van der Waals surface area contributed by atoms with Crippen LogP contribution >= 0.6 is 11.6 Å². The summed E-state index contributed by atoms with van der Waals surface area (Å²) in [4.78, 5) is 4.21. The monoisotopic (exact) mass is 320 g/mol. The summed E-state index contributed by atoms with van der Waals surface area (Å²) in [7, 11) is 1.77. The van der Waals surface area contributed by atoms with Gasteiger partial charge in [-0.25, -0.2) is 0 Å². The number of nitrogens with one attached hydrogen (secondary N) is 2. The lowest BCUT2D eigenvalue weighted by Gasteiger charge is -2.12. The van der Waals surface area contributed by atoms with Crippen molar-refractivity contribution in [1.82, 2.24) is 25.4 Å². The molecule has 0 aliphatic rings. The first-order valence-electron chi connectivity index (χ1n) is 7.29. The van der Waals surface area contributed by atoms with Gasteiger partial charge in [-0.2, -0.15) is 0 Å². The molecule has 0 fully saturated rings. The molecular formula is C15H21ClN6. The maximum Gasteiger partial charge on any atom is 0.191 e. The molecule has 118 valence electrons. The molecule has 0 unspecified atom stereocenters. The molecule has 1 aromatic heterocycles. The Morgan fingerprint density at radius 2 is 1.86 bits per heavy atom. The Morgan fingerprint density at radius 1 is 1.14 bits per heavy atom. The number of aliphatic imine (C=N–C) groups is 1. The molecule has 0 bridgehead atoms. The molecule has 2 aromatic rings. The summed E-state index contributed by atoms with van der Waals surface area (Å²) in [5.41, 5.74) is 1.17. The fraction of sp³-hybridized carbons (Fsp3) is 0.400. The van der Waals surface area contributed by atoms with Gasteiger partial charge in [0.2, 0.25) is 0 Å². The number of hydrogen-bond acceptors (Lipinski definition) is 3. The Labute approximate surface area is 135 Å². The lowest BCUT2D eigenvalue weighted by molar-refractivity contribution is 0.597. The summed E-state index contributed by atoms with van der Waals surface area (Å²) in [6, 6.07) is 7.78. The van der Waals surface area contributed by atoms with Crippen LogP contribution in [0.3, 0.4) is 0 Å². The fourth-order valence-electron chi connectivity index (χ4n) is 1.97. The van der Waals surface area contributed by atoms with Crippen molar-refractivity contribution in [2.24, 2.45) is 4.99 Å². The van der Waals surface area contributed by atoms with Crippen LogP contribution in [0.1, 0.15) is 18.4 Å². The van der Waals surface area contributed by atoms with Crippen LogP contribution in [0.4, 0.5) is 0 Å². The third-order valence-electron chi connectivity index (χ3n) is 3.20. The molecule has 0 aliphatic carbocycles. The van der Waals surface area contributed by atoms with E-state index in [4.69, 9.17) is 11.6 Å². The van der Waals surface area contributed by atoms with Gasteiger partial charge in [0.1, 0.15) is 12.7 Å². The predicted octanol–water partition coefficient (Wildman–Crippen LogP) is 2.08. The molecule has 2 rings (SSSR count). The van der Waals surface area contributed by atoms with Gasteiger partial charge in [-0.3, -0.25) is 4.99 Å². The molecule has 7 heteroatoms. The van der Waals surface area contributed by atoms with Gasteiger partial charge in [-0.05, 0) is 30.5 Å². The smallest absolute Gasteiger partial charge is 0.191 e. The zero-order chi connectivity index (χ0) is 15.6. The van der Waals surface area contributed by atoms with Gasteiger partial charge in [0, 0.05) is 31.7 Å². The van der Waals surface area contributed by atoms with Gasteiger partial charge in [-0.15, -0.1) is 10.2 Å². The minimum Gasteiger partial charge on any atom is -0.356 e. The third kappa shape index (κ3) is 5.73. The number of nitrogens with zero attached hydrogens (tertiary/aromatic N) is 4. The average molecular weight is 321 g/mol. The Morgan fingerprint density at radius 3 is 2.55 bits per heavy atom. The highest BCUT2D eigenvalue weighted by molar-refractivity contribution is 6.30. The van der Waals surface area contributed by atoms with Crippen LogP contribution < -0.4 is 10.6 Å². The van der Waals surface area contributed by atoms with Gasteiger partial charge in [-0.1, -0.05) is 23.7 Å². The van der Waals surface area contributed by atoms with Crippen LogP contribution in [-0.4, -0.2) is 34.3 Å². The Bertz CT molecular complexity index is 564. The summed E-state index contributed by atoms with van der Waals surface area (Å²) in [5.74, 6) is 0.805. The van der Waals surface area contributed by atoms with Crippen molar-refractivity contribution in [2.75, 3.05) is 13.6 Å². The number of rotatable bonds is 7. The van der Waals surface area contributed by atoms with Gasteiger partial charge in [0.05, 0.1) is 0 Å². The number of hydrogen-bond donors (Lipinski definition) is 2. The summed E-state index contributed by atoms with van der Waals surface area (Å²) in [6.45, 7) is 2.53. The van der Waals surface area contributed by atoms with Crippen LogP contribution in [0.5, 0.6) is 0 Å². The minimum absolute atomic E-state index is 0.720. The standard InChI is InChI=1S/C15H21ClN6/c1-17-15(19-10-13-4-6-14(16)7-5-13)18-8-2-3-9-22-11-20-21-12-22/h4-7,11-12H,2-3,8-10H2,1H3,(H2,17,18,19). The molecule has 0 amide bonds. The highest BCUT2D eigenvalue weighted by Gasteiger charge is 1.98. The molecular weight excluding hydrogens is 300 g/mol. The van der Waals surface area contributed by atoms with E-state index in [0.717, 1.165) is 43.5 Å². The zero-order valence-electron chi connectivity index (χ0n) is 12.7. The normalized spacial score (nSPS) is 11.5. The molecule has 2 N–H and O–H groups in total. The quantitative estimate of drug-likeness (QED) is 0.465. The van der Waals surface area contributed by atoms with Crippen molar-refractivity contribution in [3.8, 4) is 0 Å². The van der Waals surface area contributed by atoms with E-state index in [9.17, 15) is 0 Å². The van der Waals surface area contributed by atoms with E-state index in [2.05, 4.69) is 25.8 Å². The molecule has 1 heterocycles. The number of halogens is 1. The van der Waals surface area contributed by atoms with Crippen LogP contribution in [0.15, 0.2) is 41.9 Å². The first-order chi connectivity index (χ1) is 10.8. The second-order valence-corrected chi connectivity index (χ2v) is 5.32. The summed E-state index contributed by atoms with van der Waals surface area (Å²) in [6.07, 6.45) is 5.60. The van der Waals surface area contributed by atoms with E-state index in [1.807, 2.05) is 28.8 Å². The van der Waals surface area contributed by atoms with Gasteiger partial charge in [0.15, 0.2) is 5.96 Å². The second-order valence-electron chi connectivity index (χ2n) is 4.89. The Balaban J connectivity index is 1.61. The number of aromatic nitrogens is 3. The van der Waals surface area contributed by atoms with Crippen LogP contribution in [0, 0.1) is 0 Å². The van der Waals surface area contributed by atoms with Crippen LogP contribution in [-0.2, 0) is 13.1 Å². The first kappa shape index (κ1) is 16.3. The third-order valence-corrected chi connectivity index (χ3v) is 3.45. The number of aryl methyl sites for hydroxylation is 1. The predicted molar refractivity (Wildman–Crippen MR) is 88.9 cm³/mol. The molecule has 6 nitrogen and oxygen atoms in total. The molecule has 1 aromatic carbocycles. The van der Waals surface area contributed by atoms with Crippen molar-refractivity contribution >= 4 is 17.6 Å². The lowest BCUT2D eigenvalue weighted by atomic mass is 10.2. The largest absolute Gasteiger partial charge is 0.356 e. The molecule has 0 aliphatic heterocycles. The zero-order valence-corrected chi connectivity index (χ0v) is 13.4. The van der Waals surface area contributed by atoms with Crippen molar-refractivity contribution in [2.45, 2.75) is 25.9 Å². The highest BCUT2D eigenvalue weighted by atomic mass is 35.5. The van der Waals surface area contributed by atoms with Gasteiger partial charge >= 0.3 is 0 Å². The van der Waals surface area contributed by atoms with E-state index in [-0.39, 0.29) is 0 Å². The van der Waals surface area contributed by atoms with E-state index in [1.54, 1.807) is 19.7 Å². The Hall–Kier alpha value is -2.08. The number of guanidine groups is 1. The molecule has 0 spiro atoms. The fourth-order valence-corrected chi connectivity index (χ4v) is 2.10. The van der Waals surface area contributed by atoms with Crippen molar-refractivity contribution in [3.63, 3.8) is 0 Å². The van der Waals surface area contributed by atoms with E-state index in [0.29, 0.717) is 0 Å². The van der Waals surface area contributed by atoms with Crippen LogP contribution in [0.25, 0.3) is 0 Å². The number of benzene rings is 1.